The van der Waals surface area contributed by atoms with Crippen LogP contribution in [0.3, 0.4) is 0 Å². The minimum absolute atomic E-state index is 0.0921. The van der Waals surface area contributed by atoms with Gasteiger partial charge in [0.05, 0.1) is 11.1 Å². The number of para-hydroxylation sites is 2. The van der Waals surface area contributed by atoms with E-state index in [1.54, 1.807) is 0 Å². The number of nitrogens with one attached hydrogen (secondary N) is 2. The van der Waals surface area contributed by atoms with Crippen LogP contribution < -0.4 is 10.2 Å². The molecule has 2 amide bonds. The van der Waals surface area contributed by atoms with Crippen molar-refractivity contribution in [1.29, 1.82) is 0 Å². The molecule has 1 fully saturated rings. The number of fused-ring (bicyclic) bond motifs is 3. The highest BCUT2D eigenvalue weighted by Gasteiger charge is 2.53. The first-order valence-corrected chi connectivity index (χ1v) is 9.39. The van der Waals surface area contributed by atoms with Gasteiger partial charge in [-0.1, -0.05) is 36.4 Å². The average Bonchev–Trinajstić information content (AvgIpc) is 3.23. The highest BCUT2D eigenvalue weighted by atomic mass is 16.2. The van der Waals surface area contributed by atoms with Crippen LogP contribution in [0.25, 0.3) is 10.9 Å². The molecule has 136 valence electrons. The Balaban J connectivity index is 1.62. The third-order valence-electron chi connectivity index (χ3n) is 6.03. The van der Waals surface area contributed by atoms with Crippen LogP contribution in [-0.4, -0.2) is 29.9 Å². The number of carbonyl (C=O) groups excluding carboxylic acids is 2. The minimum atomic E-state index is -0.584. The molecule has 3 aromatic rings. The Hall–Kier alpha value is -2.92. The monoisotopic (exact) mass is 359 g/mol. The maximum absolute atomic E-state index is 13.5. The largest absolute Gasteiger partial charge is 0.350 e. The maximum atomic E-state index is 13.5. The highest BCUT2D eigenvalue weighted by Crippen LogP contribution is 2.47. The van der Waals surface area contributed by atoms with Crippen LogP contribution in [0.1, 0.15) is 34.5 Å². The number of hydrogen-bond donors (Lipinski definition) is 2. The zero-order chi connectivity index (χ0) is 18.6. The van der Waals surface area contributed by atoms with Crippen molar-refractivity contribution in [1.82, 2.24) is 10.3 Å². The van der Waals surface area contributed by atoms with Gasteiger partial charge in [0.2, 0.25) is 5.91 Å². The number of hydrogen-bond acceptors (Lipinski definition) is 3. The van der Waals surface area contributed by atoms with Crippen LogP contribution in [0.15, 0.2) is 48.5 Å². The predicted molar refractivity (Wildman–Crippen MR) is 105 cm³/mol. The van der Waals surface area contributed by atoms with E-state index in [0.29, 0.717) is 5.69 Å². The van der Waals surface area contributed by atoms with E-state index in [1.807, 2.05) is 55.5 Å². The first-order chi connectivity index (χ1) is 13.1. The maximum Gasteiger partial charge on any atom is 0.281 e. The number of anilines is 1. The van der Waals surface area contributed by atoms with E-state index in [-0.39, 0.29) is 11.8 Å². The molecule has 1 saturated heterocycles. The van der Waals surface area contributed by atoms with E-state index in [1.165, 1.54) is 4.90 Å². The Bertz CT molecular complexity index is 1080. The number of piperidine rings is 1. The molecule has 0 aliphatic carbocycles. The number of benzene rings is 2. The van der Waals surface area contributed by atoms with Crippen LogP contribution in [0, 0.1) is 6.92 Å². The Morgan fingerprint density at radius 1 is 1.07 bits per heavy atom. The molecule has 0 saturated carbocycles. The average molecular weight is 359 g/mol. The van der Waals surface area contributed by atoms with Crippen LogP contribution in [0.5, 0.6) is 0 Å². The summed E-state index contributed by atoms with van der Waals surface area (Å²) in [4.78, 5) is 31.5. The number of amides is 2. The van der Waals surface area contributed by atoms with Crippen molar-refractivity contribution in [3.8, 4) is 0 Å². The fraction of sp³-hybridized carbons (Fsp3) is 0.273. The molecule has 1 aromatic heterocycles. The lowest BCUT2D eigenvalue weighted by molar-refractivity contribution is -0.123. The predicted octanol–water partition coefficient (Wildman–Crippen LogP) is 3.28. The van der Waals surface area contributed by atoms with Gasteiger partial charge < -0.3 is 10.3 Å². The van der Waals surface area contributed by atoms with Crippen molar-refractivity contribution in [3.05, 3.63) is 65.4 Å². The van der Waals surface area contributed by atoms with Crippen LogP contribution in [-0.2, 0) is 10.2 Å². The van der Waals surface area contributed by atoms with Gasteiger partial charge in [0.1, 0.15) is 5.69 Å². The molecule has 2 N–H and O–H groups in total. The van der Waals surface area contributed by atoms with Crippen molar-refractivity contribution >= 4 is 28.4 Å². The molecule has 27 heavy (non-hydrogen) atoms. The van der Waals surface area contributed by atoms with Gasteiger partial charge in [-0.25, -0.2) is 4.90 Å². The number of H-pyrrole nitrogens is 1. The third kappa shape index (κ3) is 2.21. The number of nitrogens with zero attached hydrogens (tertiary/aromatic N) is 1. The van der Waals surface area contributed by atoms with E-state index in [0.717, 1.165) is 53.6 Å². The topological polar surface area (TPSA) is 65.2 Å². The summed E-state index contributed by atoms with van der Waals surface area (Å²) in [6.07, 6.45) is 1.44. The summed E-state index contributed by atoms with van der Waals surface area (Å²) >= 11 is 0. The van der Waals surface area contributed by atoms with Crippen LogP contribution in [0.4, 0.5) is 5.69 Å². The number of aryl methyl sites for hydroxylation is 1. The summed E-state index contributed by atoms with van der Waals surface area (Å²) in [5, 5.41) is 4.31. The molecular weight excluding hydrogens is 338 g/mol. The molecule has 0 radical (unpaired) electrons. The van der Waals surface area contributed by atoms with Crippen LogP contribution in [0.2, 0.25) is 0 Å². The lowest BCUT2D eigenvalue weighted by Gasteiger charge is -2.32. The lowest BCUT2D eigenvalue weighted by Crippen LogP contribution is -2.48. The smallest absolute Gasteiger partial charge is 0.281 e. The molecule has 1 spiro atoms. The van der Waals surface area contributed by atoms with Crippen molar-refractivity contribution in [2.45, 2.75) is 25.2 Å². The lowest BCUT2D eigenvalue weighted by atomic mass is 9.74. The number of imide groups is 1. The van der Waals surface area contributed by atoms with Crippen molar-refractivity contribution in [2.75, 3.05) is 18.0 Å². The Labute approximate surface area is 157 Å². The number of aromatic nitrogens is 1. The normalized spacial score (nSPS) is 18.3. The molecule has 2 aromatic carbocycles. The van der Waals surface area contributed by atoms with Crippen molar-refractivity contribution in [3.63, 3.8) is 0 Å². The van der Waals surface area contributed by atoms with Gasteiger partial charge >= 0.3 is 0 Å². The van der Waals surface area contributed by atoms with Gasteiger partial charge in [0.25, 0.3) is 5.91 Å². The first kappa shape index (κ1) is 16.3. The second kappa shape index (κ2) is 5.79. The molecule has 3 heterocycles. The summed E-state index contributed by atoms with van der Waals surface area (Å²) in [6.45, 7) is 3.58. The molecule has 5 nitrogen and oxygen atoms in total. The second-order valence-electron chi connectivity index (χ2n) is 7.52. The quantitative estimate of drug-likeness (QED) is 0.655. The number of aromatic amines is 1. The zero-order valence-electron chi connectivity index (χ0n) is 15.2. The van der Waals surface area contributed by atoms with Gasteiger partial charge in [-0.05, 0) is 56.1 Å². The fourth-order valence-corrected chi connectivity index (χ4v) is 4.59. The minimum Gasteiger partial charge on any atom is -0.350 e. The van der Waals surface area contributed by atoms with Gasteiger partial charge in [0.15, 0.2) is 0 Å². The van der Waals surface area contributed by atoms with Gasteiger partial charge in [-0.3, -0.25) is 9.59 Å². The summed E-state index contributed by atoms with van der Waals surface area (Å²) in [6, 6.07) is 15.5. The van der Waals surface area contributed by atoms with Gasteiger partial charge in [-0.15, -0.1) is 0 Å². The summed E-state index contributed by atoms with van der Waals surface area (Å²) in [7, 11) is 0. The molecule has 2 aliphatic heterocycles. The van der Waals surface area contributed by atoms with E-state index < -0.39 is 5.41 Å². The van der Waals surface area contributed by atoms with E-state index in [2.05, 4.69) is 10.3 Å². The van der Waals surface area contributed by atoms with Gasteiger partial charge in [-0.2, -0.15) is 0 Å². The van der Waals surface area contributed by atoms with Crippen molar-refractivity contribution in [2.24, 2.45) is 0 Å². The molecule has 0 atom stereocenters. The van der Waals surface area contributed by atoms with Crippen LogP contribution >= 0.6 is 0 Å². The number of rotatable bonds is 1. The standard InChI is InChI=1S/C22H21N3O2/c1-14-5-4-6-15-13-17(24-19(14)15)20(26)25-18-8-3-2-7-16(18)22(21(25)27)9-11-23-12-10-22/h2-8,13,23-24H,9-12H2,1H3. The number of carbonyl (C=O) groups is 2. The SMILES string of the molecule is Cc1cccc2cc(C(=O)N3C(=O)C4(CCNCC4)c4ccccc43)[nH]c12. The molecule has 0 bridgehead atoms. The third-order valence-corrected chi connectivity index (χ3v) is 6.03. The molecular formula is C22H21N3O2. The van der Waals surface area contributed by atoms with Crippen molar-refractivity contribution < 1.29 is 9.59 Å². The molecule has 2 aliphatic rings. The molecule has 0 unspecified atom stereocenters. The van der Waals surface area contributed by atoms with Gasteiger partial charge in [0, 0.05) is 10.9 Å². The summed E-state index contributed by atoms with van der Waals surface area (Å²) in [5.41, 5.74) is 3.60. The Morgan fingerprint density at radius 2 is 1.85 bits per heavy atom. The molecule has 5 rings (SSSR count). The molecule has 5 heteroatoms. The Morgan fingerprint density at radius 3 is 2.63 bits per heavy atom. The van der Waals surface area contributed by atoms with E-state index in [4.69, 9.17) is 0 Å². The Kier molecular flexibility index (Phi) is 3.49. The summed E-state index contributed by atoms with van der Waals surface area (Å²) in [5.74, 6) is -0.371. The highest BCUT2D eigenvalue weighted by molar-refractivity contribution is 6.27. The van der Waals surface area contributed by atoms with E-state index in [9.17, 15) is 9.59 Å². The second-order valence-corrected chi connectivity index (χ2v) is 7.52. The zero-order valence-corrected chi connectivity index (χ0v) is 15.2. The fourth-order valence-electron chi connectivity index (χ4n) is 4.59. The van der Waals surface area contributed by atoms with E-state index >= 15 is 0 Å². The first-order valence-electron chi connectivity index (χ1n) is 9.39. The summed E-state index contributed by atoms with van der Waals surface area (Å²) < 4.78 is 0.